The fourth-order valence-corrected chi connectivity index (χ4v) is 3.19. The minimum absolute atomic E-state index is 0.251. The van der Waals surface area contributed by atoms with E-state index >= 15 is 0 Å². The highest BCUT2D eigenvalue weighted by molar-refractivity contribution is 6.35. The molecule has 2 heterocycles. The number of halogens is 2. The summed E-state index contributed by atoms with van der Waals surface area (Å²) in [6.45, 7) is 4.24. The normalized spacial score (nSPS) is 14.3. The molecule has 1 aliphatic rings. The number of amides is 2. The van der Waals surface area contributed by atoms with Gasteiger partial charge in [0.15, 0.2) is 0 Å². The predicted octanol–water partition coefficient (Wildman–Crippen LogP) is 2.62. The first-order chi connectivity index (χ1) is 12.4. The van der Waals surface area contributed by atoms with Crippen molar-refractivity contribution in [3.63, 3.8) is 0 Å². The number of hydrogen-bond donors (Lipinski definition) is 1. The molecule has 2 aromatic rings. The Morgan fingerprint density at radius 1 is 1.08 bits per heavy atom. The molecule has 1 fully saturated rings. The number of aromatic nitrogens is 2. The Morgan fingerprint density at radius 2 is 1.73 bits per heavy atom. The molecule has 0 radical (unpaired) electrons. The second-order valence-electron chi connectivity index (χ2n) is 5.94. The lowest BCUT2D eigenvalue weighted by Crippen LogP contribution is -2.46. The van der Waals surface area contributed by atoms with Gasteiger partial charge in [0, 0.05) is 47.6 Å². The van der Waals surface area contributed by atoms with E-state index in [0.29, 0.717) is 53.6 Å². The van der Waals surface area contributed by atoms with Crippen LogP contribution in [0.4, 0.5) is 11.6 Å². The van der Waals surface area contributed by atoms with Crippen LogP contribution in [0, 0.1) is 6.92 Å². The largest absolute Gasteiger partial charge is 0.342 e. The summed E-state index contributed by atoms with van der Waals surface area (Å²) in [6.07, 6.45) is 0.837. The first-order valence-electron chi connectivity index (χ1n) is 8.02. The van der Waals surface area contributed by atoms with Gasteiger partial charge in [-0.05, 0) is 31.2 Å². The maximum Gasteiger partial charge on any atom is 0.274 e. The molecule has 0 bridgehead atoms. The molecule has 9 heteroatoms. The average Bonchev–Trinajstić information content (AvgIpc) is 2.60. The van der Waals surface area contributed by atoms with Crippen LogP contribution in [0.3, 0.4) is 0 Å². The number of carbonyl (C=O) groups excluding carboxylic acids is 2. The van der Waals surface area contributed by atoms with Gasteiger partial charge >= 0.3 is 0 Å². The van der Waals surface area contributed by atoms with Gasteiger partial charge in [0.25, 0.3) is 5.91 Å². The van der Waals surface area contributed by atoms with Gasteiger partial charge in [-0.2, -0.15) is 0 Å². The highest BCUT2D eigenvalue weighted by atomic mass is 35.5. The Morgan fingerprint density at radius 3 is 2.35 bits per heavy atom. The summed E-state index contributed by atoms with van der Waals surface area (Å²) in [4.78, 5) is 35.8. The van der Waals surface area contributed by atoms with E-state index in [1.807, 2.05) is 4.90 Å². The second-order valence-corrected chi connectivity index (χ2v) is 6.81. The molecular weight excluding hydrogens is 377 g/mol. The Balaban J connectivity index is 1.78. The SMILES string of the molecule is Cc1cc(C(=O)Nc2cc(Cl)cc(Cl)c2)nc(N2CCN(C=O)CC2)n1. The van der Waals surface area contributed by atoms with Crippen LogP contribution in [0.25, 0.3) is 0 Å². The number of hydrogen-bond acceptors (Lipinski definition) is 5. The minimum Gasteiger partial charge on any atom is -0.342 e. The summed E-state index contributed by atoms with van der Waals surface area (Å²) in [5.74, 6) is 0.103. The molecule has 7 nitrogen and oxygen atoms in total. The zero-order valence-electron chi connectivity index (χ0n) is 14.1. The van der Waals surface area contributed by atoms with Crippen LogP contribution in [-0.4, -0.2) is 53.4 Å². The van der Waals surface area contributed by atoms with Gasteiger partial charge in [0.05, 0.1) is 0 Å². The molecule has 2 amide bonds. The highest BCUT2D eigenvalue weighted by Crippen LogP contribution is 2.23. The monoisotopic (exact) mass is 393 g/mol. The lowest BCUT2D eigenvalue weighted by Gasteiger charge is -2.32. The van der Waals surface area contributed by atoms with Gasteiger partial charge < -0.3 is 15.1 Å². The number of nitrogens with zero attached hydrogens (tertiary/aromatic N) is 4. The van der Waals surface area contributed by atoms with Crippen molar-refractivity contribution in [2.24, 2.45) is 0 Å². The fraction of sp³-hybridized carbons (Fsp3) is 0.294. The summed E-state index contributed by atoms with van der Waals surface area (Å²) in [7, 11) is 0. The maximum absolute atomic E-state index is 12.6. The predicted molar refractivity (Wildman–Crippen MR) is 101 cm³/mol. The van der Waals surface area contributed by atoms with Gasteiger partial charge in [-0.15, -0.1) is 0 Å². The van der Waals surface area contributed by atoms with Crippen LogP contribution in [0.2, 0.25) is 10.0 Å². The molecular formula is C17H17Cl2N5O2. The van der Waals surface area contributed by atoms with Crippen molar-refractivity contribution in [3.05, 3.63) is 45.7 Å². The van der Waals surface area contributed by atoms with Crippen molar-refractivity contribution < 1.29 is 9.59 Å². The van der Waals surface area contributed by atoms with E-state index in [0.717, 1.165) is 6.41 Å². The van der Waals surface area contributed by atoms with Crippen LogP contribution in [-0.2, 0) is 4.79 Å². The van der Waals surface area contributed by atoms with Crippen molar-refractivity contribution in [2.75, 3.05) is 36.4 Å². The Bertz CT molecular complexity index is 818. The molecule has 26 heavy (non-hydrogen) atoms. The first-order valence-corrected chi connectivity index (χ1v) is 8.77. The number of nitrogens with one attached hydrogen (secondary N) is 1. The van der Waals surface area contributed by atoms with Gasteiger partial charge in [0.2, 0.25) is 12.4 Å². The van der Waals surface area contributed by atoms with Crippen LogP contribution >= 0.6 is 23.2 Å². The number of benzene rings is 1. The number of aryl methyl sites for hydroxylation is 1. The van der Waals surface area contributed by atoms with E-state index in [-0.39, 0.29) is 11.6 Å². The van der Waals surface area contributed by atoms with Gasteiger partial charge in [0.1, 0.15) is 5.69 Å². The number of carbonyl (C=O) groups is 2. The summed E-state index contributed by atoms with van der Waals surface area (Å²) in [5.41, 5.74) is 1.42. The van der Waals surface area contributed by atoms with Crippen LogP contribution in [0.5, 0.6) is 0 Å². The van der Waals surface area contributed by atoms with E-state index in [4.69, 9.17) is 23.2 Å². The highest BCUT2D eigenvalue weighted by Gasteiger charge is 2.20. The van der Waals surface area contributed by atoms with E-state index in [2.05, 4.69) is 15.3 Å². The van der Waals surface area contributed by atoms with E-state index in [9.17, 15) is 9.59 Å². The molecule has 1 aromatic carbocycles. The Kier molecular flexibility index (Phi) is 5.58. The third kappa shape index (κ3) is 4.42. The molecule has 0 aliphatic carbocycles. The molecule has 0 unspecified atom stereocenters. The molecule has 136 valence electrons. The van der Waals surface area contributed by atoms with Crippen molar-refractivity contribution >= 4 is 47.2 Å². The molecule has 1 aliphatic heterocycles. The van der Waals surface area contributed by atoms with Crippen molar-refractivity contribution in [1.82, 2.24) is 14.9 Å². The van der Waals surface area contributed by atoms with Crippen LogP contribution < -0.4 is 10.2 Å². The summed E-state index contributed by atoms with van der Waals surface area (Å²) >= 11 is 11.9. The molecule has 1 aromatic heterocycles. The summed E-state index contributed by atoms with van der Waals surface area (Å²) in [5, 5.41) is 3.60. The average molecular weight is 394 g/mol. The van der Waals surface area contributed by atoms with Crippen LogP contribution in [0.1, 0.15) is 16.2 Å². The van der Waals surface area contributed by atoms with Gasteiger partial charge in [-0.3, -0.25) is 9.59 Å². The lowest BCUT2D eigenvalue weighted by molar-refractivity contribution is -0.118. The van der Waals surface area contributed by atoms with E-state index in [1.54, 1.807) is 36.1 Å². The molecule has 0 spiro atoms. The smallest absolute Gasteiger partial charge is 0.274 e. The number of piperazine rings is 1. The summed E-state index contributed by atoms with van der Waals surface area (Å²) < 4.78 is 0. The van der Waals surface area contributed by atoms with Crippen molar-refractivity contribution in [1.29, 1.82) is 0 Å². The quantitative estimate of drug-likeness (QED) is 0.807. The Labute approximate surface area is 160 Å². The van der Waals surface area contributed by atoms with Crippen molar-refractivity contribution in [2.45, 2.75) is 6.92 Å². The molecule has 0 saturated carbocycles. The van der Waals surface area contributed by atoms with E-state index < -0.39 is 0 Å². The Hall–Kier alpha value is -2.38. The topological polar surface area (TPSA) is 78.4 Å². The minimum atomic E-state index is -0.374. The zero-order chi connectivity index (χ0) is 18.7. The van der Waals surface area contributed by atoms with Gasteiger partial charge in [-0.1, -0.05) is 23.2 Å². The van der Waals surface area contributed by atoms with E-state index in [1.165, 1.54) is 0 Å². The lowest BCUT2D eigenvalue weighted by atomic mass is 10.2. The molecule has 1 saturated heterocycles. The summed E-state index contributed by atoms with van der Waals surface area (Å²) in [6, 6.07) is 6.43. The third-order valence-corrected chi connectivity index (χ3v) is 4.38. The third-order valence-electron chi connectivity index (χ3n) is 3.94. The first kappa shape index (κ1) is 18.4. The maximum atomic E-state index is 12.6. The van der Waals surface area contributed by atoms with Crippen molar-refractivity contribution in [3.8, 4) is 0 Å². The molecule has 1 N–H and O–H groups in total. The number of anilines is 2. The van der Waals surface area contributed by atoms with Gasteiger partial charge in [-0.25, -0.2) is 9.97 Å². The second kappa shape index (κ2) is 7.88. The number of rotatable bonds is 4. The van der Waals surface area contributed by atoms with Crippen LogP contribution in [0.15, 0.2) is 24.3 Å². The zero-order valence-corrected chi connectivity index (χ0v) is 15.6. The molecule has 3 rings (SSSR count). The fourth-order valence-electron chi connectivity index (χ4n) is 2.66. The molecule has 0 atom stereocenters. The standard InChI is InChI=1S/C17H17Cl2N5O2/c1-11-6-15(16(26)21-14-8-12(18)7-13(19)9-14)22-17(20-11)24-4-2-23(10-25)3-5-24/h6-10H,2-5H2,1H3,(H,21,26).